The lowest BCUT2D eigenvalue weighted by molar-refractivity contribution is 0.234. The monoisotopic (exact) mass is 262 g/mol. The van der Waals surface area contributed by atoms with Crippen LogP contribution >= 0.6 is 0 Å². The summed E-state index contributed by atoms with van der Waals surface area (Å²) < 4.78 is 40.5. The minimum atomic E-state index is -3.91. The summed E-state index contributed by atoms with van der Waals surface area (Å²) >= 11 is 0. The van der Waals surface area contributed by atoms with Crippen molar-refractivity contribution in [3.05, 3.63) is 24.0 Å². The Morgan fingerprint density at radius 2 is 2.00 bits per heavy atom. The molecule has 4 N–H and O–H groups in total. The molecule has 7 heteroatoms. The SMILES string of the molecule is CC(C)(N)COc1ccc(S(N)(=O)=O)cc1F. The van der Waals surface area contributed by atoms with Gasteiger partial charge in [-0.3, -0.25) is 0 Å². The second-order valence-electron chi connectivity index (χ2n) is 4.41. The summed E-state index contributed by atoms with van der Waals surface area (Å²) in [4.78, 5) is -0.297. The number of ether oxygens (including phenoxy) is 1. The quantitative estimate of drug-likeness (QED) is 0.830. The standard InChI is InChI=1S/C10H15FN2O3S/c1-10(2,12)6-16-9-4-3-7(5-8(9)11)17(13,14)15/h3-5H,6,12H2,1-2H3,(H2,13,14,15). The van der Waals surface area contributed by atoms with Crippen molar-refractivity contribution in [1.82, 2.24) is 0 Å². The molecule has 0 amide bonds. The van der Waals surface area contributed by atoms with Crippen molar-refractivity contribution >= 4 is 10.0 Å². The molecular formula is C10H15FN2O3S. The lowest BCUT2D eigenvalue weighted by Crippen LogP contribution is -2.38. The number of rotatable bonds is 4. The van der Waals surface area contributed by atoms with Gasteiger partial charge in [-0.05, 0) is 32.0 Å². The summed E-state index contributed by atoms with van der Waals surface area (Å²) in [5, 5.41) is 4.86. The molecule has 1 aromatic carbocycles. The minimum Gasteiger partial charge on any atom is -0.489 e. The number of nitrogens with two attached hydrogens (primary N) is 2. The van der Waals surface area contributed by atoms with Gasteiger partial charge >= 0.3 is 0 Å². The minimum absolute atomic E-state index is 0.0593. The molecule has 0 heterocycles. The van der Waals surface area contributed by atoms with Crippen molar-refractivity contribution in [2.24, 2.45) is 10.9 Å². The van der Waals surface area contributed by atoms with Crippen LogP contribution in [-0.2, 0) is 10.0 Å². The summed E-state index contributed by atoms with van der Waals surface area (Å²) in [7, 11) is -3.91. The molecule has 0 aliphatic carbocycles. The van der Waals surface area contributed by atoms with Crippen molar-refractivity contribution in [2.75, 3.05) is 6.61 Å². The Labute approximate surface area is 99.6 Å². The van der Waals surface area contributed by atoms with Crippen LogP contribution in [-0.4, -0.2) is 20.6 Å². The maximum Gasteiger partial charge on any atom is 0.238 e. The molecule has 17 heavy (non-hydrogen) atoms. The van der Waals surface area contributed by atoms with Gasteiger partial charge in [-0.25, -0.2) is 17.9 Å². The molecule has 1 rings (SSSR count). The fourth-order valence-corrected chi connectivity index (χ4v) is 1.56. The van der Waals surface area contributed by atoms with Crippen molar-refractivity contribution in [3.8, 4) is 5.75 Å². The molecule has 1 aromatic rings. The average Bonchev–Trinajstić information content (AvgIpc) is 2.12. The first-order chi connectivity index (χ1) is 7.59. The fraction of sp³-hybridized carbons (Fsp3) is 0.400. The second kappa shape index (κ2) is 4.59. The summed E-state index contributed by atoms with van der Waals surface area (Å²) in [5.41, 5.74) is 5.06. The Morgan fingerprint density at radius 3 is 2.41 bits per heavy atom. The third-order valence-electron chi connectivity index (χ3n) is 1.83. The number of benzene rings is 1. The van der Waals surface area contributed by atoms with Crippen molar-refractivity contribution in [1.29, 1.82) is 0 Å². The molecule has 0 aromatic heterocycles. The number of hydrogen-bond donors (Lipinski definition) is 2. The molecule has 0 saturated heterocycles. The molecule has 0 spiro atoms. The van der Waals surface area contributed by atoms with Crippen LogP contribution in [0.3, 0.4) is 0 Å². The Hall–Kier alpha value is -1.18. The van der Waals surface area contributed by atoms with Gasteiger partial charge in [0, 0.05) is 5.54 Å². The van der Waals surface area contributed by atoms with E-state index in [1.807, 2.05) is 0 Å². The molecule has 0 unspecified atom stereocenters. The van der Waals surface area contributed by atoms with Crippen molar-refractivity contribution in [2.45, 2.75) is 24.3 Å². The maximum absolute atomic E-state index is 13.5. The molecule has 0 fully saturated rings. The summed E-state index contributed by atoms with van der Waals surface area (Å²) in [6.07, 6.45) is 0. The van der Waals surface area contributed by atoms with Gasteiger partial charge in [-0.2, -0.15) is 0 Å². The molecule has 0 aliphatic heterocycles. The smallest absolute Gasteiger partial charge is 0.238 e. The highest BCUT2D eigenvalue weighted by Gasteiger charge is 2.15. The average molecular weight is 262 g/mol. The first-order valence-electron chi connectivity index (χ1n) is 4.84. The van der Waals surface area contributed by atoms with Crippen LogP contribution in [0.4, 0.5) is 4.39 Å². The van der Waals surface area contributed by atoms with Gasteiger partial charge in [-0.15, -0.1) is 0 Å². The lowest BCUT2D eigenvalue weighted by atomic mass is 10.1. The van der Waals surface area contributed by atoms with Crippen LogP contribution in [0.5, 0.6) is 5.75 Å². The predicted molar refractivity (Wildman–Crippen MR) is 61.5 cm³/mol. The number of hydrogen-bond acceptors (Lipinski definition) is 4. The van der Waals surface area contributed by atoms with E-state index in [9.17, 15) is 12.8 Å². The third-order valence-corrected chi connectivity index (χ3v) is 2.74. The van der Waals surface area contributed by atoms with Crippen molar-refractivity contribution in [3.63, 3.8) is 0 Å². The topological polar surface area (TPSA) is 95.4 Å². The first kappa shape index (κ1) is 13.9. The predicted octanol–water partition coefficient (Wildman–Crippen LogP) is 0.589. The van der Waals surface area contributed by atoms with Crippen LogP contribution in [0.2, 0.25) is 0 Å². The van der Waals surface area contributed by atoms with E-state index in [1.165, 1.54) is 12.1 Å². The van der Waals surface area contributed by atoms with E-state index in [4.69, 9.17) is 15.6 Å². The molecule has 96 valence electrons. The van der Waals surface area contributed by atoms with Crippen LogP contribution in [0, 0.1) is 5.82 Å². The zero-order chi connectivity index (χ0) is 13.3. The molecule has 0 saturated carbocycles. The second-order valence-corrected chi connectivity index (χ2v) is 5.98. The fourth-order valence-electron chi connectivity index (χ4n) is 1.04. The Morgan fingerprint density at radius 1 is 1.41 bits per heavy atom. The Bertz CT molecular complexity index is 509. The van der Waals surface area contributed by atoms with Gasteiger partial charge in [0.15, 0.2) is 11.6 Å². The van der Waals surface area contributed by atoms with Crippen LogP contribution in [0.1, 0.15) is 13.8 Å². The molecular weight excluding hydrogens is 247 g/mol. The van der Waals surface area contributed by atoms with E-state index in [0.29, 0.717) is 0 Å². The normalized spacial score (nSPS) is 12.5. The van der Waals surface area contributed by atoms with E-state index in [0.717, 1.165) is 6.07 Å². The van der Waals surface area contributed by atoms with Gasteiger partial charge < -0.3 is 10.5 Å². The van der Waals surface area contributed by atoms with Gasteiger partial charge in [0.2, 0.25) is 10.0 Å². The van der Waals surface area contributed by atoms with E-state index >= 15 is 0 Å². The van der Waals surface area contributed by atoms with Crippen molar-refractivity contribution < 1.29 is 17.5 Å². The lowest BCUT2D eigenvalue weighted by Gasteiger charge is -2.19. The zero-order valence-electron chi connectivity index (χ0n) is 9.60. The highest BCUT2D eigenvalue weighted by molar-refractivity contribution is 7.89. The summed E-state index contributed by atoms with van der Waals surface area (Å²) in [6, 6.07) is 3.20. The van der Waals surface area contributed by atoms with Gasteiger partial charge in [0.25, 0.3) is 0 Å². The summed E-state index contributed by atoms with van der Waals surface area (Å²) in [5.74, 6) is -0.850. The highest BCUT2D eigenvalue weighted by atomic mass is 32.2. The molecule has 5 nitrogen and oxygen atoms in total. The van der Waals surface area contributed by atoms with Crippen LogP contribution < -0.4 is 15.6 Å². The van der Waals surface area contributed by atoms with Gasteiger partial charge in [-0.1, -0.05) is 0 Å². The largest absolute Gasteiger partial charge is 0.489 e. The Kier molecular flexibility index (Phi) is 3.75. The highest BCUT2D eigenvalue weighted by Crippen LogP contribution is 2.21. The van der Waals surface area contributed by atoms with Crippen LogP contribution in [0.25, 0.3) is 0 Å². The Balaban J connectivity index is 2.92. The van der Waals surface area contributed by atoms with E-state index in [-0.39, 0.29) is 17.3 Å². The van der Waals surface area contributed by atoms with Gasteiger partial charge in [0.05, 0.1) is 4.90 Å². The zero-order valence-corrected chi connectivity index (χ0v) is 10.4. The van der Waals surface area contributed by atoms with Crippen LogP contribution in [0.15, 0.2) is 23.1 Å². The molecule has 0 aliphatic rings. The number of primary sulfonamides is 1. The third kappa shape index (κ3) is 4.29. The van der Waals surface area contributed by atoms with Gasteiger partial charge in [0.1, 0.15) is 6.61 Å². The molecule has 0 radical (unpaired) electrons. The first-order valence-corrected chi connectivity index (χ1v) is 6.38. The molecule has 0 atom stereocenters. The number of halogens is 1. The maximum atomic E-state index is 13.5. The van der Waals surface area contributed by atoms with E-state index in [1.54, 1.807) is 13.8 Å². The number of sulfonamides is 1. The molecule has 0 bridgehead atoms. The summed E-state index contributed by atoms with van der Waals surface area (Å²) in [6.45, 7) is 3.56. The van der Waals surface area contributed by atoms with E-state index < -0.39 is 21.4 Å². The van der Waals surface area contributed by atoms with E-state index in [2.05, 4.69) is 0 Å².